The van der Waals surface area contributed by atoms with Gasteiger partial charge in [0.05, 0.1) is 19.2 Å². The fourth-order valence-corrected chi connectivity index (χ4v) is 2.78. The van der Waals surface area contributed by atoms with E-state index in [1.807, 2.05) is 16.7 Å². The molecule has 1 amide bonds. The Kier molecular flexibility index (Phi) is 4.42. The molecule has 2 aliphatic rings. The molecular formula is C13H23N3O3. The minimum absolute atomic E-state index is 0.197. The van der Waals surface area contributed by atoms with E-state index in [0.29, 0.717) is 19.6 Å². The Morgan fingerprint density at radius 3 is 2.47 bits per heavy atom. The van der Waals surface area contributed by atoms with Crippen molar-refractivity contribution in [1.29, 1.82) is 0 Å². The first-order valence-electron chi connectivity index (χ1n) is 6.89. The second-order valence-corrected chi connectivity index (χ2v) is 5.51. The maximum atomic E-state index is 12.5. The van der Waals surface area contributed by atoms with E-state index in [1.165, 1.54) is 7.11 Å². The Morgan fingerprint density at radius 2 is 1.95 bits per heavy atom. The summed E-state index contributed by atoms with van der Waals surface area (Å²) in [6.07, 6.45) is 1.97. The fourth-order valence-electron chi connectivity index (χ4n) is 2.78. The Labute approximate surface area is 114 Å². The van der Waals surface area contributed by atoms with Crippen molar-refractivity contribution in [1.82, 2.24) is 15.1 Å². The van der Waals surface area contributed by atoms with E-state index in [4.69, 9.17) is 0 Å². The standard InChI is InChI=1S/C13H23N3O3/c1-13(4-3-5-14-13)12(18)16-8-6-15(7-9-16)10-11(17)19-2/h14H,3-10H2,1-2H3. The van der Waals surface area contributed by atoms with Crippen LogP contribution in [0.1, 0.15) is 19.8 Å². The van der Waals surface area contributed by atoms with Crippen molar-refractivity contribution in [3.8, 4) is 0 Å². The van der Waals surface area contributed by atoms with Crippen LogP contribution in [0.15, 0.2) is 0 Å². The lowest BCUT2D eigenvalue weighted by Gasteiger charge is -2.38. The quantitative estimate of drug-likeness (QED) is 0.696. The van der Waals surface area contributed by atoms with Gasteiger partial charge in [-0.2, -0.15) is 0 Å². The van der Waals surface area contributed by atoms with Crippen LogP contribution in [-0.2, 0) is 14.3 Å². The predicted molar refractivity (Wildman–Crippen MR) is 70.7 cm³/mol. The van der Waals surface area contributed by atoms with Gasteiger partial charge in [0.15, 0.2) is 0 Å². The zero-order valence-corrected chi connectivity index (χ0v) is 11.8. The Balaban J connectivity index is 1.82. The van der Waals surface area contributed by atoms with Gasteiger partial charge in [-0.05, 0) is 26.3 Å². The molecule has 2 heterocycles. The molecule has 0 aromatic heterocycles. The lowest BCUT2D eigenvalue weighted by atomic mass is 9.98. The van der Waals surface area contributed by atoms with Crippen LogP contribution in [0, 0.1) is 0 Å². The summed E-state index contributed by atoms with van der Waals surface area (Å²) >= 11 is 0. The molecule has 1 unspecified atom stereocenters. The molecule has 1 atom stereocenters. The van der Waals surface area contributed by atoms with Crippen LogP contribution in [0.3, 0.4) is 0 Å². The summed E-state index contributed by atoms with van der Waals surface area (Å²) in [7, 11) is 1.40. The summed E-state index contributed by atoms with van der Waals surface area (Å²) in [6.45, 7) is 6.07. The van der Waals surface area contributed by atoms with Gasteiger partial charge < -0.3 is 15.0 Å². The summed E-state index contributed by atoms with van der Waals surface area (Å²) < 4.78 is 4.65. The van der Waals surface area contributed by atoms with Gasteiger partial charge in [0.25, 0.3) is 0 Å². The van der Waals surface area contributed by atoms with Crippen LogP contribution in [0.2, 0.25) is 0 Å². The van der Waals surface area contributed by atoms with Crippen molar-refractivity contribution in [3.63, 3.8) is 0 Å². The highest BCUT2D eigenvalue weighted by Gasteiger charge is 2.39. The van der Waals surface area contributed by atoms with Gasteiger partial charge in [-0.15, -0.1) is 0 Å². The van der Waals surface area contributed by atoms with Crippen LogP contribution in [-0.4, -0.2) is 73.6 Å². The molecule has 6 heteroatoms. The summed E-state index contributed by atoms with van der Waals surface area (Å²) in [5, 5.41) is 3.30. The topological polar surface area (TPSA) is 61.9 Å². The van der Waals surface area contributed by atoms with Gasteiger partial charge in [-0.1, -0.05) is 0 Å². The second-order valence-electron chi connectivity index (χ2n) is 5.51. The number of carbonyl (C=O) groups excluding carboxylic acids is 2. The van der Waals surface area contributed by atoms with E-state index in [0.717, 1.165) is 32.5 Å². The van der Waals surface area contributed by atoms with E-state index >= 15 is 0 Å². The molecule has 2 saturated heterocycles. The molecule has 0 saturated carbocycles. The summed E-state index contributed by atoms with van der Waals surface area (Å²) in [6, 6.07) is 0. The monoisotopic (exact) mass is 269 g/mol. The lowest BCUT2D eigenvalue weighted by Crippen LogP contribution is -2.58. The third kappa shape index (κ3) is 3.25. The molecule has 19 heavy (non-hydrogen) atoms. The second kappa shape index (κ2) is 5.88. The third-order valence-electron chi connectivity index (χ3n) is 4.08. The smallest absolute Gasteiger partial charge is 0.319 e. The highest BCUT2D eigenvalue weighted by atomic mass is 16.5. The van der Waals surface area contributed by atoms with Gasteiger partial charge in [0, 0.05) is 26.2 Å². The number of hydrogen-bond donors (Lipinski definition) is 1. The lowest BCUT2D eigenvalue weighted by molar-refractivity contribution is -0.143. The van der Waals surface area contributed by atoms with Crippen molar-refractivity contribution in [3.05, 3.63) is 0 Å². The van der Waals surface area contributed by atoms with Gasteiger partial charge in [0.1, 0.15) is 0 Å². The highest BCUT2D eigenvalue weighted by Crippen LogP contribution is 2.21. The summed E-state index contributed by atoms with van der Waals surface area (Å²) in [5.74, 6) is -0.0214. The van der Waals surface area contributed by atoms with Crippen molar-refractivity contribution in [2.24, 2.45) is 0 Å². The molecule has 6 nitrogen and oxygen atoms in total. The number of amides is 1. The molecule has 0 bridgehead atoms. The predicted octanol–water partition coefficient (Wildman–Crippen LogP) is -0.554. The molecule has 2 aliphatic heterocycles. The minimum atomic E-state index is -0.384. The number of methoxy groups -OCH3 is 1. The zero-order chi connectivity index (χ0) is 13.9. The summed E-state index contributed by atoms with van der Waals surface area (Å²) in [5.41, 5.74) is -0.384. The van der Waals surface area contributed by atoms with Crippen LogP contribution < -0.4 is 5.32 Å². The van der Waals surface area contributed by atoms with Crippen LogP contribution in [0.5, 0.6) is 0 Å². The number of nitrogens with one attached hydrogen (secondary N) is 1. The maximum absolute atomic E-state index is 12.5. The average molecular weight is 269 g/mol. The number of ether oxygens (including phenoxy) is 1. The minimum Gasteiger partial charge on any atom is -0.468 e. The first-order chi connectivity index (χ1) is 9.05. The third-order valence-corrected chi connectivity index (χ3v) is 4.08. The summed E-state index contributed by atoms with van der Waals surface area (Å²) in [4.78, 5) is 27.6. The molecule has 0 radical (unpaired) electrons. The fraction of sp³-hybridized carbons (Fsp3) is 0.846. The van der Waals surface area contributed by atoms with Crippen LogP contribution in [0.25, 0.3) is 0 Å². The van der Waals surface area contributed by atoms with Gasteiger partial charge in [-0.3, -0.25) is 14.5 Å². The largest absolute Gasteiger partial charge is 0.468 e. The number of hydrogen-bond acceptors (Lipinski definition) is 5. The Hall–Kier alpha value is -1.14. The number of rotatable bonds is 3. The Morgan fingerprint density at radius 1 is 1.26 bits per heavy atom. The number of piperazine rings is 1. The molecule has 0 spiro atoms. The highest BCUT2D eigenvalue weighted by molar-refractivity contribution is 5.86. The number of esters is 1. The maximum Gasteiger partial charge on any atom is 0.319 e. The SMILES string of the molecule is COC(=O)CN1CCN(C(=O)C2(C)CCCN2)CC1. The van der Waals surface area contributed by atoms with E-state index < -0.39 is 0 Å². The molecule has 1 N–H and O–H groups in total. The average Bonchev–Trinajstić information content (AvgIpc) is 2.87. The molecule has 108 valence electrons. The molecule has 2 fully saturated rings. The zero-order valence-electron chi connectivity index (χ0n) is 11.8. The van der Waals surface area contributed by atoms with E-state index in [1.54, 1.807) is 0 Å². The molecule has 0 aromatic rings. The van der Waals surface area contributed by atoms with Crippen molar-refractivity contribution in [2.45, 2.75) is 25.3 Å². The number of carbonyl (C=O) groups is 2. The molecule has 0 aromatic carbocycles. The van der Waals surface area contributed by atoms with Crippen molar-refractivity contribution in [2.75, 3.05) is 46.4 Å². The van der Waals surface area contributed by atoms with Gasteiger partial charge in [0.2, 0.25) is 5.91 Å². The first kappa shape index (κ1) is 14.3. The Bertz CT molecular complexity index is 345. The molecule has 2 rings (SSSR count). The van der Waals surface area contributed by atoms with Gasteiger partial charge >= 0.3 is 5.97 Å². The van der Waals surface area contributed by atoms with Crippen molar-refractivity contribution >= 4 is 11.9 Å². The molecule has 0 aliphatic carbocycles. The van der Waals surface area contributed by atoms with Crippen molar-refractivity contribution < 1.29 is 14.3 Å². The van der Waals surface area contributed by atoms with Gasteiger partial charge in [-0.25, -0.2) is 0 Å². The molecular weight excluding hydrogens is 246 g/mol. The van der Waals surface area contributed by atoms with E-state index in [-0.39, 0.29) is 17.4 Å². The van der Waals surface area contributed by atoms with E-state index in [9.17, 15) is 9.59 Å². The first-order valence-corrected chi connectivity index (χ1v) is 6.89. The van der Waals surface area contributed by atoms with Crippen LogP contribution >= 0.6 is 0 Å². The van der Waals surface area contributed by atoms with Crippen LogP contribution in [0.4, 0.5) is 0 Å². The normalized spacial score (nSPS) is 28.4. The van der Waals surface area contributed by atoms with E-state index in [2.05, 4.69) is 10.1 Å². The number of nitrogens with zero attached hydrogens (tertiary/aromatic N) is 2.